The van der Waals surface area contributed by atoms with Gasteiger partial charge in [-0.05, 0) is 35.8 Å². The number of allylic oxidation sites excluding steroid dienone is 5. The number of ether oxygens (including phenoxy) is 2. The summed E-state index contributed by atoms with van der Waals surface area (Å²) in [7, 11) is 5.02. The fraction of sp³-hybridized carbons (Fsp3) is 0.318. The quantitative estimate of drug-likeness (QED) is 0.297. The third kappa shape index (κ3) is 6.31. The predicted molar refractivity (Wildman–Crippen MR) is 121 cm³/mol. The zero-order valence-corrected chi connectivity index (χ0v) is 17.7. The summed E-state index contributed by atoms with van der Waals surface area (Å²) in [6.45, 7) is 5.51. The molecule has 0 aliphatic carbocycles. The van der Waals surface area contributed by atoms with Crippen molar-refractivity contribution in [3.8, 4) is 0 Å². The molecule has 1 aromatic heterocycles. The molecule has 0 amide bonds. The van der Waals surface area contributed by atoms with Gasteiger partial charge in [0, 0.05) is 39.5 Å². The summed E-state index contributed by atoms with van der Waals surface area (Å²) in [5, 5.41) is 8.40. The van der Waals surface area contributed by atoms with Gasteiger partial charge in [0.05, 0.1) is 25.7 Å². The molecule has 30 heavy (non-hydrogen) atoms. The normalized spacial score (nSPS) is 17.2. The minimum absolute atomic E-state index is 0.131. The molecule has 8 nitrogen and oxygen atoms in total. The van der Waals surface area contributed by atoms with Crippen molar-refractivity contribution in [2.75, 3.05) is 45.9 Å². The van der Waals surface area contributed by atoms with Crippen molar-refractivity contribution in [1.29, 1.82) is 5.41 Å². The first-order chi connectivity index (χ1) is 14.5. The van der Waals surface area contributed by atoms with E-state index in [2.05, 4.69) is 16.6 Å². The van der Waals surface area contributed by atoms with E-state index >= 15 is 0 Å². The average molecular weight is 412 g/mol. The smallest absolute Gasteiger partial charge is 0.248 e. The molecule has 0 bridgehead atoms. The number of hydrogen-bond donors (Lipinski definition) is 2. The summed E-state index contributed by atoms with van der Waals surface area (Å²) in [6, 6.07) is 3.23. The number of pyridine rings is 1. The van der Waals surface area contributed by atoms with Crippen LogP contribution in [0.3, 0.4) is 0 Å². The lowest BCUT2D eigenvalue weighted by Crippen LogP contribution is -2.32. The van der Waals surface area contributed by atoms with Crippen LogP contribution >= 0.6 is 0 Å². The summed E-state index contributed by atoms with van der Waals surface area (Å²) in [5.41, 5.74) is 2.52. The zero-order valence-electron chi connectivity index (χ0n) is 17.7. The number of aromatic amines is 1. The van der Waals surface area contributed by atoms with Crippen LogP contribution in [0.4, 0.5) is 5.69 Å². The first kappa shape index (κ1) is 22.9. The number of H-pyrrole nitrogens is 1. The van der Waals surface area contributed by atoms with Gasteiger partial charge in [-0.15, -0.1) is 0 Å². The Balaban J connectivity index is 2.45. The van der Waals surface area contributed by atoms with E-state index in [9.17, 15) is 4.79 Å². The first-order valence-corrected chi connectivity index (χ1v) is 9.56. The Morgan fingerprint density at radius 3 is 2.87 bits per heavy atom. The average Bonchev–Trinajstić information content (AvgIpc) is 3.12. The predicted octanol–water partition coefficient (Wildman–Crippen LogP) is 2.70. The number of rotatable bonds is 8. The number of guanidine groups is 1. The lowest BCUT2D eigenvalue weighted by molar-refractivity contribution is 0.182. The van der Waals surface area contributed by atoms with E-state index in [1.54, 1.807) is 50.8 Å². The number of nitrogens with zero attached hydrogens (tertiary/aromatic N) is 3. The van der Waals surface area contributed by atoms with E-state index in [1.165, 1.54) is 6.07 Å². The third-order valence-corrected chi connectivity index (χ3v) is 4.48. The number of anilines is 1. The molecule has 1 saturated heterocycles. The summed E-state index contributed by atoms with van der Waals surface area (Å²) in [5.74, 6) is 0.794. The van der Waals surface area contributed by atoms with Gasteiger partial charge in [-0.3, -0.25) is 10.2 Å². The monoisotopic (exact) mass is 411 g/mol. The van der Waals surface area contributed by atoms with Crippen LogP contribution in [0.25, 0.3) is 0 Å². The van der Waals surface area contributed by atoms with Crippen molar-refractivity contribution in [2.24, 2.45) is 4.99 Å². The van der Waals surface area contributed by atoms with Crippen molar-refractivity contribution in [1.82, 2.24) is 9.88 Å². The molecule has 1 aromatic rings. The molecule has 160 valence electrons. The van der Waals surface area contributed by atoms with Gasteiger partial charge in [0.2, 0.25) is 11.5 Å². The molecule has 0 aromatic carbocycles. The van der Waals surface area contributed by atoms with Crippen LogP contribution in [0.15, 0.2) is 76.4 Å². The van der Waals surface area contributed by atoms with Crippen LogP contribution in [-0.4, -0.2) is 62.6 Å². The van der Waals surface area contributed by atoms with Gasteiger partial charge in [-0.2, -0.15) is 4.99 Å². The van der Waals surface area contributed by atoms with E-state index in [-0.39, 0.29) is 11.5 Å². The lowest BCUT2D eigenvalue weighted by Gasteiger charge is -2.21. The highest BCUT2D eigenvalue weighted by Crippen LogP contribution is 2.26. The molecule has 1 fully saturated rings. The number of nitrogens with one attached hydrogen (secondary N) is 2. The van der Waals surface area contributed by atoms with Gasteiger partial charge in [0.15, 0.2) is 0 Å². The number of aromatic nitrogens is 1. The van der Waals surface area contributed by atoms with E-state index in [0.717, 1.165) is 23.3 Å². The molecule has 0 atom stereocenters. The highest BCUT2D eigenvalue weighted by molar-refractivity contribution is 6.16. The SMILES string of the molecule is C=C/C=C(\C=C\OC)/C=C1\CCN(c2ccc(=O)[nH]c2)\C1=N\C(=N)N(C)CCOC. The molecule has 2 N–H and O–H groups in total. The molecule has 0 saturated carbocycles. The van der Waals surface area contributed by atoms with Crippen LogP contribution in [0.5, 0.6) is 0 Å². The molecule has 8 heteroatoms. The van der Waals surface area contributed by atoms with E-state index in [1.807, 2.05) is 23.1 Å². The van der Waals surface area contributed by atoms with E-state index in [4.69, 9.17) is 14.9 Å². The third-order valence-electron chi connectivity index (χ3n) is 4.48. The number of methoxy groups -OCH3 is 2. The maximum Gasteiger partial charge on any atom is 0.248 e. The largest absolute Gasteiger partial charge is 0.504 e. The van der Waals surface area contributed by atoms with Gasteiger partial charge in [0.25, 0.3) is 0 Å². The summed E-state index contributed by atoms with van der Waals surface area (Å²) < 4.78 is 10.1. The highest BCUT2D eigenvalue weighted by atomic mass is 16.5. The second-order valence-corrected chi connectivity index (χ2v) is 6.60. The number of likely N-dealkylation sites (N-methyl/N-ethyl adjacent to an activating group) is 1. The Hall–Kier alpha value is -3.39. The topological polar surface area (TPSA) is 94.0 Å². The Morgan fingerprint density at radius 2 is 2.23 bits per heavy atom. The molecule has 0 radical (unpaired) electrons. The van der Waals surface area contributed by atoms with Crippen molar-refractivity contribution < 1.29 is 9.47 Å². The molecule has 0 spiro atoms. The Morgan fingerprint density at radius 1 is 1.43 bits per heavy atom. The number of aliphatic imine (C=N–C) groups is 1. The standard InChI is InChI=1S/C22H29N5O3/c1-5-6-17(10-13-29-3)15-18-9-11-27(19-7-8-20(28)24-16-19)21(18)25-22(23)26(2)12-14-30-4/h5-8,10,13,15-16,23H,1,9,11-12,14H2,2-4H3,(H,24,28)/b13-10+,17-6+,18-15+,23-22?,25-21+. The summed E-state index contributed by atoms with van der Waals surface area (Å²) in [6.07, 6.45) is 11.4. The first-order valence-electron chi connectivity index (χ1n) is 9.56. The van der Waals surface area contributed by atoms with Gasteiger partial charge in [0.1, 0.15) is 5.84 Å². The molecule has 0 unspecified atom stereocenters. The maximum atomic E-state index is 11.5. The van der Waals surface area contributed by atoms with Gasteiger partial charge in [-0.1, -0.05) is 18.7 Å². The second-order valence-electron chi connectivity index (χ2n) is 6.60. The number of hydrogen-bond acceptors (Lipinski definition) is 4. The molecular formula is C22H29N5O3. The minimum atomic E-state index is -0.167. The fourth-order valence-electron chi connectivity index (χ4n) is 2.87. The Labute approximate surface area is 177 Å². The van der Waals surface area contributed by atoms with Crippen LogP contribution in [-0.2, 0) is 9.47 Å². The van der Waals surface area contributed by atoms with Crippen LogP contribution in [0, 0.1) is 5.41 Å². The van der Waals surface area contributed by atoms with E-state index in [0.29, 0.717) is 25.5 Å². The van der Waals surface area contributed by atoms with Crippen molar-refractivity contribution in [2.45, 2.75) is 6.42 Å². The number of amidine groups is 1. The molecule has 1 aliphatic rings. The summed E-state index contributed by atoms with van der Waals surface area (Å²) in [4.78, 5) is 22.5. The van der Waals surface area contributed by atoms with Gasteiger partial charge in [-0.25, -0.2) is 0 Å². The van der Waals surface area contributed by atoms with Crippen molar-refractivity contribution in [3.63, 3.8) is 0 Å². The Bertz CT molecular complexity index is 906. The second kappa shape index (κ2) is 11.6. The van der Waals surface area contributed by atoms with Crippen LogP contribution in [0.1, 0.15) is 6.42 Å². The highest BCUT2D eigenvalue weighted by Gasteiger charge is 2.26. The van der Waals surface area contributed by atoms with Crippen molar-refractivity contribution in [3.05, 3.63) is 77.0 Å². The lowest BCUT2D eigenvalue weighted by atomic mass is 10.1. The van der Waals surface area contributed by atoms with Gasteiger partial charge >= 0.3 is 0 Å². The van der Waals surface area contributed by atoms with Gasteiger partial charge < -0.3 is 24.3 Å². The van der Waals surface area contributed by atoms with Crippen LogP contribution in [0.2, 0.25) is 0 Å². The van der Waals surface area contributed by atoms with Crippen molar-refractivity contribution >= 4 is 17.5 Å². The Kier molecular flexibility index (Phi) is 8.83. The fourth-order valence-corrected chi connectivity index (χ4v) is 2.87. The summed E-state index contributed by atoms with van der Waals surface area (Å²) >= 11 is 0. The minimum Gasteiger partial charge on any atom is -0.504 e. The zero-order chi connectivity index (χ0) is 21.9. The molecule has 2 heterocycles. The molecule has 2 rings (SSSR count). The van der Waals surface area contributed by atoms with Crippen LogP contribution < -0.4 is 10.5 Å². The molecule has 1 aliphatic heterocycles. The molecular weight excluding hydrogens is 382 g/mol. The van der Waals surface area contributed by atoms with E-state index < -0.39 is 0 Å². The maximum absolute atomic E-state index is 11.5.